The molecule has 5 heteroatoms. The third-order valence-electron chi connectivity index (χ3n) is 3.81. The molecule has 0 fully saturated rings. The van der Waals surface area contributed by atoms with Crippen LogP contribution in [-0.2, 0) is 9.53 Å². The zero-order chi connectivity index (χ0) is 18.4. The Hall–Kier alpha value is -3.13. The molecule has 0 amide bonds. The van der Waals surface area contributed by atoms with Crippen LogP contribution in [0.1, 0.15) is 34.0 Å². The lowest BCUT2D eigenvalue weighted by molar-refractivity contribution is -0.148. The van der Waals surface area contributed by atoms with E-state index in [1.807, 2.05) is 26.0 Å². The molecule has 0 unspecified atom stereocenters. The third kappa shape index (κ3) is 4.92. The Morgan fingerprint density at radius 1 is 1.08 bits per heavy atom. The highest BCUT2D eigenvalue weighted by molar-refractivity contribution is 6.00. The number of ketones is 1. The normalized spacial score (nSPS) is 11.3. The lowest BCUT2D eigenvalue weighted by Crippen LogP contribution is -2.27. The summed E-state index contributed by atoms with van der Waals surface area (Å²) < 4.78 is 10.4. The average Bonchev–Trinajstić information content (AvgIpc) is 2.62. The summed E-state index contributed by atoms with van der Waals surface area (Å²) in [6.45, 7) is 5.12. The summed E-state index contributed by atoms with van der Waals surface area (Å²) >= 11 is 0. The molecule has 128 valence electrons. The summed E-state index contributed by atoms with van der Waals surface area (Å²) in [5.41, 5.74) is 3.12. The fourth-order valence-corrected chi connectivity index (χ4v) is 2.18. The van der Waals surface area contributed by atoms with E-state index in [1.165, 1.54) is 6.92 Å². The average molecular weight is 337 g/mol. The molecular formula is C20H19NO4. The fourth-order valence-electron chi connectivity index (χ4n) is 2.18. The minimum absolute atomic E-state index is 0.255. The van der Waals surface area contributed by atoms with E-state index >= 15 is 0 Å². The van der Waals surface area contributed by atoms with E-state index in [4.69, 9.17) is 14.7 Å². The van der Waals surface area contributed by atoms with Crippen molar-refractivity contribution < 1.29 is 19.1 Å². The SMILES string of the molecule is Cc1ccc(C(=O)[C@H](C)OC(=O)COc2ccc(C#N)cc2)cc1C. The molecule has 0 N–H and O–H groups in total. The maximum absolute atomic E-state index is 12.3. The lowest BCUT2D eigenvalue weighted by Gasteiger charge is -2.13. The van der Waals surface area contributed by atoms with Gasteiger partial charge in [0, 0.05) is 5.56 Å². The van der Waals surface area contributed by atoms with Crippen molar-refractivity contribution >= 4 is 11.8 Å². The standard InChI is InChI=1S/C20H19NO4/c1-13-4-7-17(10-14(13)2)20(23)15(3)25-19(22)12-24-18-8-5-16(11-21)6-9-18/h4-10,15H,12H2,1-3H3/t15-/m0/s1. The Morgan fingerprint density at radius 2 is 1.76 bits per heavy atom. The molecule has 0 heterocycles. The Labute approximate surface area is 146 Å². The van der Waals surface area contributed by atoms with Gasteiger partial charge < -0.3 is 9.47 Å². The van der Waals surface area contributed by atoms with Crippen molar-refractivity contribution in [3.63, 3.8) is 0 Å². The smallest absolute Gasteiger partial charge is 0.344 e. The van der Waals surface area contributed by atoms with Crippen molar-refractivity contribution in [1.29, 1.82) is 5.26 Å². The van der Waals surface area contributed by atoms with Gasteiger partial charge in [0.15, 0.2) is 12.7 Å². The molecule has 0 aromatic heterocycles. The number of hydrogen-bond acceptors (Lipinski definition) is 5. The molecular weight excluding hydrogens is 318 g/mol. The first-order valence-corrected chi connectivity index (χ1v) is 7.84. The second kappa shape index (κ2) is 8.11. The number of nitriles is 1. The van der Waals surface area contributed by atoms with Crippen LogP contribution < -0.4 is 4.74 Å². The number of carbonyl (C=O) groups is 2. The largest absolute Gasteiger partial charge is 0.482 e. The van der Waals surface area contributed by atoms with Crippen molar-refractivity contribution in [2.45, 2.75) is 26.9 Å². The third-order valence-corrected chi connectivity index (χ3v) is 3.81. The van der Waals surface area contributed by atoms with Crippen molar-refractivity contribution in [2.75, 3.05) is 6.61 Å². The molecule has 0 saturated carbocycles. The number of benzene rings is 2. The molecule has 0 saturated heterocycles. The summed E-state index contributed by atoms with van der Waals surface area (Å²) in [6, 6.07) is 13.7. The van der Waals surface area contributed by atoms with Crippen LogP contribution in [0.4, 0.5) is 0 Å². The summed E-state index contributed by atoms with van der Waals surface area (Å²) in [6.07, 6.45) is -0.890. The number of ether oxygens (including phenoxy) is 2. The van der Waals surface area contributed by atoms with E-state index in [9.17, 15) is 9.59 Å². The van der Waals surface area contributed by atoms with Gasteiger partial charge in [-0.25, -0.2) is 4.79 Å². The minimum Gasteiger partial charge on any atom is -0.482 e. The van der Waals surface area contributed by atoms with E-state index in [0.717, 1.165) is 11.1 Å². The molecule has 2 aromatic rings. The summed E-state index contributed by atoms with van der Waals surface area (Å²) in [5, 5.41) is 8.73. The molecule has 0 spiro atoms. The Morgan fingerprint density at radius 3 is 2.36 bits per heavy atom. The molecule has 0 aliphatic heterocycles. The second-order valence-corrected chi connectivity index (χ2v) is 5.72. The first-order valence-electron chi connectivity index (χ1n) is 7.84. The summed E-state index contributed by atoms with van der Waals surface area (Å²) in [7, 11) is 0. The van der Waals surface area contributed by atoms with Crippen LogP contribution in [0.25, 0.3) is 0 Å². The highest BCUT2D eigenvalue weighted by Gasteiger charge is 2.20. The van der Waals surface area contributed by atoms with Gasteiger partial charge in [0.1, 0.15) is 5.75 Å². The van der Waals surface area contributed by atoms with Gasteiger partial charge in [0.05, 0.1) is 11.6 Å². The molecule has 2 rings (SSSR count). The molecule has 2 aromatic carbocycles. The maximum Gasteiger partial charge on any atom is 0.344 e. The van der Waals surface area contributed by atoms with Gasteiger partial charge in [-0.3, -0.25) is 4.79 Å². The number of hydrogen-bond donors (Lipinski definition) is 0. The fraction of sp³-hybridized carbons (Fsp3) is 0.250. The first-order chi connectivity index (χ1) is 11.9. The van der Waals surface area contributed by atoms with Crippen molar-refractivity contribution in [1.82, 2.24) is 0 Å². The van der Waals surface area contributed by atoms with Gasteiger partial charge in [-0.2, -0.15) is 5.26 Å². The maximum atomic E-state index is 12.3. The molecule has 0 bridgehead atoms. The highest BCUT2D eigenvalue weighted by Crippen LogP contribution is 2.14. The zero-order valence-corrected chi connectivity index (χ0v) is 14.4. The monoisotopic (exact) mass is 337 g/mol. The highest BCUT2D eigenvalue weighted by atomic mass is 16.6. The molecule has 1 atom stereocenters. The van der Waals surface area contributed by atoms with Crippen LogP contribution in [0.5, 0.6) is 5.75 Å². The van der Waals surface area contributed by atoms with Gasteiger partial charge in [0.2, 0.25) is 5.78 Å². The number of aryl methyl sites for hydroxylation is 2. The number of nitrogens with zero attached hydrogens (tertiary/aromatic N) is 1. The second-order valence-electron chi connectivity index (χ2n) is 5.72. The van der Waals surface area contributed by atoms with E-state index in [0.29, 0.717) is 16.9 Å². The Balaban J connectivity index is 1.89. The minimum atomic E-state index is -0.890. The predicted octanol–water partition coefficient (Wildman–Crippen LogP) is 3.37. The molecule has 0 aliphatic rings. The molecule has 5 nitrogen and oxygen atoms in total. The van der Waals surface area contributed by atoms with Gasteiger partial charge >= 0.3 is 5.97 Å². The van der Waals surface area contributed by atoms with Gasteiger partial charge in [-0.05, 0) is 62.2 Å². The number of esters is 1. The van der Waals surface area contributed by atoms with Crippen LogP contribution >= 0.6 is 0 Å². The number of rotatable bonds is 6. The molecule has 0 radical (unpaired) electrons. The van der Waals surface area contributed by atoms with E-state index in [-0.39, 0.29) is 12.4 Å². The van der Waals surface area contributed by atoms with Crippen molar-refractivity contribution in [3.05, 3.63) is 64.7 Å². The number of Topliss-reactive ketones (excluding diaryl/α,β-unsaturated/α-hetero) is 1. The van der Waals surface area contributed by atoms with E-state index < -0.39 is 12.1 Å². The zero-order valence-electron chi connectivity index (χ0n) is 14.4. The topological polar surface area (TPSA) is 76.4 Å². The van der Waals surface area contributed by atoms with Crippen molar-refractivity contribution in [3.8, 4) is 11.8 Å². The van der Waals surface area contributed by atoms with Crippen molar-refractivity contribution in [2.24, 2.45) is 0 Å². The van der Waals surface area contributed by atoms with Crippen LogP contribution in [0.2, 0.25) is 0 Å². The summed E-state index contributed by atoms with van der Waals surface area (Å²) in [5.74, 6) is -0.437. The van der Waals surface area contributed by atoms with E-state index in [1.54, 1.807) is 36.4 Å². The van der Waals surface area contributed by atoms with Gasteiger partial charge in [0.25, 0.3) is 0 Å². The van der Waals surface area contributed by atoms with Crippen LogP contribution in [-0.4, -0.2) is 24.5 Å². The van der Waals surface area contributed by atoms with E-state index in [2.05, 4.69) is 0 Å². The van der Waals surface area contributed by atoms with Crippen LogP contribution in [0.3, 0.4) is 0 Å². The predicted molar refractivity (Wildman–Crippen MR) is 92.5 cm³/mol. The van der Waals surface area contributed by atoms with Crippen LogP contribution in [0, 0.1) is 25.2 Å². The molecule has 0 aliphatic carbocycles. The summed E-state index contributed by atoms with van der Waals surface area (Å²) in [4.78, 5) is 24.2. The first kappa shape index (κ1) is 18.2. The quantitative estimate of drug-likeness (QED) is 0.597. The Kier molecular flexibility index (Phi) is 5.91. The Bertz CT molecular complexity index is 819. The van der Waals surface area contributed by atoms with Crippen LogP contribution in [0.15, 0.2) is 42.5 Å². The number of carbonyl (C=O) groups excluding carboxylic acids is 2. The molecule has 25 heavy (non-hydrogen) atoms. The van der Waals surface area contributed by atoms with Gasteiger partial charge in [-0.15, -0.1) is 0 Å². The lowest BCUT2D eigenvalue weighted by atomic mass is 10.0. The van der Waals surface area contributed by atoms with Gasteiger partial charge in [-0.1, -0.05) is 12.1 Å².